The summed E-state index contributed by atoms with van der Waals surface area (Å²) >= 11 is 0. The molecule has 0 spiro atoms. The SMILES string of the molecule is CC1=CC(C)=[N+]2C1=C(c1ccc(OCc3ccccc3)cc1)c1c(C)cc(C)n1[B-]2(F)F. The average molecular weight is 430 g/mol. The molecular formula is C26H25BF2N2O. The second-order valence-electron chi connectivity index (χ2n) is 8.64. The Morgan fingerprint density at radius 1 is 0.938 bits per heavy atom. The molecule has 3 aromatic rings. The van der Waals surface area contributed by atoms with Crippen LogP contribution in [0.5, 0.6) is 5.75 Å². The Balaban J connectivity index is 1.60. The summed E-state index contributed by atoms with van der Waals surface area (Å²) in [5.41, 5.74) is 6.87. The van der Waals surface area contributed by atoms with Gasteiger partial charge in [-0.3, -0.25) is 0 Å². The van der Waals surface area contributed by atoms with Crippen molar-refractivity contribution in [3.63, 3.8) is 0 Å². The second kappa shape index (κ2) is 7.33. The van der Waals surface area contributed by atoms with Crippen LogP contribution in [0.3, 0.4) is 0 Å². The minimum Gasteiger partial charge on any atom is -0.489 e. The highest BCUT2D eigenvalue weighted by Crippen LogP contribution is 2.44. The lowest BCUT2D eigenvalue weighted by Gasteiger charge is -2.34. The molecule has 0 fully saturated rings. The fraction of sp³-hybridized carbons (Fsp3) is 0.192. The van der Waals surface area contributed by atoms with Crippen LogP contribution in [0.1, 0.15) is 41.9 Å². The van der Waals surface area contributed by atoms with Gasteiger partial charge in [0.25, 0.3) is 0 Å². The lowest BCUT2D eigenvalue weighted by Crippen LogP contribution is -2.51. The molecule has 1 aromatic heterocycles. The molecule has 0 atom stereocenters. The van der Waals surface area contributed by atoms with E-state index >= 15 is 8.63 Å². The van der Waals surface area contributed by atoms with Crippen LogP contribution >= 0.6 is 0 Å². The lowest BCUT2D eigenvalue weighted by molar-refractivity contribution is -0.363. The highest BCUT2D eigenvalue weighted by atomic mass is 19.2. The summed E-state index contributed by atoms with van der Waals surface area (Å²) < 4.78 is 39.8. The molecule has 2 aliphatic rings. The third-order valence-corrected chi connectivity index (χ3v) is 6.33. The van der Waals surface area contributed by atoms with Gasteiger partial charge < -0.3 is 22.3 Å². The van der Waals surface area contributed by atoms with E-state index in [1.807, 2.05) is 80.6 Å². The van der Waals surface area contributed by atoms with Crippen LogP contribution in [0.4, 0.5) is 8.63 Å². The summed E-state index contributed by atoms with van der Waals surface area (Å²) in [5, 5.41) is 0. The Morgan fingerprint density at radius 3 is 2.31 bits per heavy atom. The van der Waals surface area contributed by atoms with Gasteiger partial charge in [0.2, 0.25) is 0 Å². The number of aryl methyl sites for hydroxylation is 2. The third-order valence-electron chi connectivity index (χ3n) is 6.33. The van der Waals surface area contributed by atoms with Crippen LogP contribution in [0.2, 0.25) is 0 Å². The van der Waals surface area contributed by atoms with Gasteiger partial charge in [-0.05, 0) is 61.4 Å². The number of fused-ring (bicyclic) bond motifs is 2. The zero-order valence-electron chi connectivity index (χ0n) is 18.7. The van der Waals surface area contributed by atoms with Crippen molar-refractivity contribution in [2.45, 2.75) is 34.3 Å². The van der Waals surface area contributed by atoms with Crippen molar-refractivity contribution < 1.29 is 17.9 Å². The maximum Gasteiger partial charge on any atom is 0.737 e. The Hall–Kier alpha value is -3.41. The summed E-state index contributed by atoms with van der Waals surface area (Å²) in [5.74, 6) is 0.745. The fourth-order valence-electron chi connectivity index (χ4n) is 5.03. The van der Waals surface area contributed by atoms with Crippen molar-refractivity contribution in [3.8, 4) is 5.75 Å². The minimum atomic E-state index is -3.96. The predicted octanol–water partition coefficient (Wildman–Crippen LogP) is 6.11. The maximum atomic E-state index is 15.7. The van der Waals surface area contributed by atoms with E-state index in [1.165, 1.54) is 8.96 Å². The summed E-state index contributed by atoms with van der Waals surface area (Å²) in [4.78, 5) is 0. The third kappa shape index (κ3) is 3.05. The van der Waals surface area contributed by atoms with E-state index in [-0.39, 0.29) is 0 Å². The van der Waals surface area contributed by atoms with E-state index < -0.39 is 6.97 Å². The normalized spacial score (nSPS) is 16.8. The van der Waals surface area contributed by atoms with E-state index in [9.17, 15) is 0 Å². The molecular weight excluding hydrogens is 405 g/mol. The number of benzene rings is 2. The topological polar surface area (TPSA) is 17.2 Å². The number of nitrogens with zero attached hydrogens (tertiary/aromatic N) is 2. The van der Waals surface area contributed by atoms with E-state index in [0.717, 1.165) is 33.6 Å². The van der Waals surface area contributed by atoms with Crippen LogP contribution in [0.25, 0.3) is 5.57 Å². The molecule has 0 amide bonds. The van der Waals surface area contributed by atoms with Gasteiger partial charge in [0.05, 0.1) is 5.57 Å². The Kier molecular flexibility index (Phi) is 4.70. The minimum absolute atomic E-state index is 0.480. The van der Waals surface area contributed by atoms with Gasteiger partial charge in [0.1, 0.15) is 18.1 Å². The molecule has 0 bridgehead atoms. The second-order valence-corrected chi connectivity index (χ2v) is 8.64. The first kappa shape index (κ1) is 20.5. The molecule has 5 rings (SSSR count). The first-order chi connectivity index (χ1) is 15.3. The van der Waals surface area contributed by atoms with Crippen LogP contribution in [0.15, 0.2) is 78.0 Å². The molecule has 2 aliphatic heterocycles. The first-order valence-corrected chi connectivity index (χ1v) is 10.8. The number of aromatic nitrogens is 1. The molecule has 0 unspecified atom stereocenters. The Morgan fingerprint density at radius 2 is 1.62 bits per heavy atom. The molecule has 2 aromatic carbocycles. The van der Waals surface area contributed by atoms with E-state index in [2.05, 4.69) is 0 Å². The van der Waals surface area contributed by atoms with Crippen LogP contribution in [-0.2, 0) is 6.61 Å². The standard InChI is InChI=1S/C26H25BF2N2O/c1-17-14-19(3)30-25(17)24(26-18(2)15-20(4)31(26)27(30,28)29)22-10-12-23(13-11-22)32-16-21-8-6-5-7-9-21/h5-15H,16H2,1-4H3. The van der Waals surface area contributed by atoms with E-state index in [4.69, 9.17) is 4.74 Å². The van der Waals surface area contributed by atoms with Crippen molar-refractivity contribution in [1.82, 2.24) is 4.48 Å². The van der Waals surface area contributed by atoms with E-state index in [0.29, 0.717) is 29.4 Å². The van der Waals surface area contributed by atoms with Gasteiger partial charge in [-0.2, -0.15) is 0 Å². The number of hydrogen-bond acceptors (Lipinski definition) is 1. The van der Waals surface area contributed by atoms with Crippen molar-refractivity contribution in [2.75, 3.05) is 0 Å². The quantitative estimate of drug-likeness (QED) is 0.457. The number of ether oxygens (including phenoxy) is 1. The smallest absolute Gasteiger partial charge is 0.489 e. The number of allylic oxidation sites excluding steroid dienone is 2. The van der Waals surface area contributed by atoms with Crippen LogP contribution in [-0.4, -0.2) is 21.6 Å². The average Bonchev–Trinajstić information content (AvgIpc) is 3.24. The maximum absolute atomic E-state index is 15.7. The molecule has 0 radical (unpaired) electrons. The largest absolute Gasteiger partial charge is 0.737 e. The fourth-order valence-corrected chi connectivity index (χ4v) is 5.03. The van der Waals surface area contributed by atoms with Crippen molar-refractivity contribution in [3.05, 3.63) is 106 Å². The van der Waals surface area contributed by atoms with Crippen LogP contribution in [0, 0.1) is 13.8 Å². The summed E-state index contributed by atoms with van der Waals surface area (Å²) in [6.07, 6.45) is 1.85. The van der Waals surface area contributed by atoms with Gasteiger partial charge in [0, 0.05) is 24.3 Å². The number of rotatable bonds is 4. The van der Waals surface area contributed by atoms with Crippen molar-refractivity contribution in [2.24, 2.45) is 0 Å². The monoisotopic (exact) mass is 430 g/mol. The summed E-state index contributed by atoms with van der Waals surface area (Å²) in [7, 11) is 0. The molecule has 32 heavy (non-hydrogen) atoms. The number of halogens is 2. The zero-order valence-corrected chi connectivity index (χ0v) is 18.7. The molecule has 3 heterocycles. The first-order valence-electron chi connectivity index (χ1n) is 10.8. The van der Waals surface area contributed by atoms with Gasteiger partial charge in [-0.25, -0.2) is 0 Å². The van der Waals surface area contributed by atoms with Gasteiger partial charge in [0.15, 0.2) is 5.70 Å². The molecule has 0 saturated heterocycles. The van der Waals surface area contributed by atoms with E-state index in [1.54, 1.807) is 13.8 Å². The van der Waals surface area contributed by atoms with Crippen LogP contribution < -0.4 is 4.74 Å². The Bertz CT molecular complexity index is 1320. The van der Waals surface area contributed by atoms with Crippen molar-refractivity contribution >= 4 is 18.3 Å². The summed E-state index contributed by atoms with van der Waals surface area (Å²) in [6, 6.07) is 19.6. The number of hydrogen-bond donors (Lipinski definition) is 0. The van der Waals surface area contributed by atoms with Gasteiger partial charge in [-0.15, -0.1) is 0 Å². The predicted molar refractivity (Wildman–Crippen MR) is 125 cm³/mol. The lowest BCUT2D eigenvalue weighted by atomic mass is 9.84. The highest BCUT2D eigenvalue weighted by molar-refractivity contribution is 6.58. The molecule has 0 N–H and O–H groups in total. The Labute approximate surface area is 187 Å². The molecule has 3 nitrogen and oxygen atoms in total. The molecule has 6 heteroatoms. The van der Waals surface area contributed by atoms with Gasteiger partial charge >= 0.3 is 6.97 Å². The molecule has 0 saturated carbocycles. The highest BCUT2D eigenvalue weighted by Gasteiger charge is 2.55. The van der Waals surface area contributed by atoms with Crippen molar-refractivity contribution in [1.29, 1.82) is 0 Å². The zero-order chi connectivity index (χ0) is 22.6. The molecule has 162 valence electrons. The summed E-state index contributed by atoms with van der Waals surface area (Å²) in [6.45, 7) is 3.84. The van der Waals surface area contributed by atoms with Gasteiger partial charge in [-0.1, -0.05) is 42.5 Å². The molecule has 0 aliphatic carbocycles.